The lowest BCUT2D eigenvalue weighted by Gasteiger charge is -2.22. The van der Waals surface area contributed by atoms with E-state index in [9.17, 15) is 9.90 Å². The Morgan fingerprint density at radius 3 is 2.69 bits per heavy atom. The number of aromatic amines is 1. The molecule has 8 nitrogen and oxygen atoms in total. The number of carbonyl (C=O) groups is 1. The van der Waals surface area contributed by atoms with Crippen molar-refractivity contribution in [1.29, 1.82) is 0 Å². The van der Waals surface area contributed by atoms with Crippen LogP contribution in [0.4, 0.5) is 0 Å². The van der Waals surface area contributed by atoms with Crippen molar-refractivity contribution in [3.63, 3.8) is 0 Å². The lowest BCUT2D eigenvalue weighted by Crippen LogP contribution is -2.14. The summed E-state index contributed by atoms with van der Waals surface area (Å²) in [5.74, 6) is -0.645. The van der Waals surface area contributed by atoms with E-state index in [0.29, 0.717) is 17.9 Å². The standard InChI is InChI=1S/C27H24N4O4/c1-17-22(7-4-19-8-10-30-27(17)19)25(14-20-16-28-11-12-29-20)35-21-5-2-18(3-6-21)23(15-26(32)33)24-9-13-34-31-24/h2-13,16,23,25,30H,14-15H2,1H3,(H,32,33)/t23?,25-/m0/s1. The van der Waals surface area contributed by atoms with Crippen LogP contribution in [0.15, 0.2) is 84.1 Å². The number of H-pyrrole nitrogens is 1. The highest BCUT2D eigenvalue weighted by Gasteiger charge is 2.22. The van der Waals surface area contributed by atoms with Gasteiger partial charge in [-0.1, -0.05) is 29.4 Å². The van der Waals surface area contributed by atoms with Gasteiger partial charge in [0.2, 0.25) is 0 Å². The minimum Gasteiger partial charge on any atom is -0.485 e. The molecule has 5 rings (SSSR count). The number of aryl methyl sites for hydroxylation is 1. The number of hydrogen-bond donors (Lipinski definition) is 2. The van der Waals surface area contributed by atoms with Crippen LogP contribution >= 0.6 is 0 Å². The number of benzene rings is 2. The van der Waals surface area contributed by atoms with Crippen molar-refractivity contribution in [1.82, 2.24) is 20.1 Å². The van der Waals surface area contributed by atoms with Crippen LogP contribution in [0.2, 0.25) is 0 Å². The summed E-state index contributed by atoms with van der Waals surface area (Å²) in [6.45, 7) is 2.08. The predicted octanol–water partition coefficient (Wildman–Crippen LogP) is 5.22. The van der Waals surface area contributed by atoms with Crippen LogP contribution in [0.3, 0.4) is 0 Å². The first kappa shape index (κ1) is 22.3. The summed E-state index contributed by atoms with van der Waals surface area (Å²) in [5, 5.41) is 14.5. The summed E-state index contributed by atoms with van der Waals surface area (Å²) in [4.78, 5) is 23.4. The molecular weight excluding hydrogens is 444 g/mol. The van der Waals surface area contributed by atoms with Crippen molar-refractivity contribution in [2.75, 3.05) is 0 Å². The maximum atomic E-state index is 11.4. The van der Waals surface area contributed by atoms with Crippen LogP contribution in [-0.4, -0.2) is 31.2 Å². The lowest BCUT2D eigenvalue weighted by atomic mass is 9.92. The van der Waals surface area contributed by atoms with E-state index in [4.69, 9.17) is 9.26 Å². The van der Waals surface area contributed by atoms with E-state index < -0.39 is 11.9 Å². The molecule has 0 saturated carbocycles. The minimum atomic E-state index is -0.905. The molecule has 2 N–H and O–H groups in total. The molecule has 1 unspecified atom stereocenters. The third-order valence-electron chi connectivity index (χ3n) is 6.14. The molecule has 2 atom stereocenters. The number of aromatic nitrogens is 4. The van der Waals surface area contributed by atoms with Gasteiger partial charge in [-0.05, 0) is 47.2 Å². The van der Waals surface area contributed by atoms with Gasteiger partial charge in [-0.3, -0.25) is 14.8 Å². The Labute approximate surface area is 201 Å². The van der Waals surface area contributed by atoms with Gasteiger partial charge in [-0.15, -0.1) is 0 Å². The summed E-state index contributed by atoms with van der Waals surface area (Å²) in [6.07, 6.45) is 8.61. The van der Waals surface area contributed by atoms with E-state index in [-0.39, 0.29) is 12.5 Å². The van der Waals surface area contributed by atoms with Crippen molar-refractivity contribution < 1.29 is 19.2 Å². The molecule has 0 spiro atoms. The van der Waals surface area contributed by atoms with Gasteiger partial charge in [0.15, 0.2) is 0 Å². The molecule has 0 saturated heterocycles. The fourth-order valence-corrected chi connectivity index (χ4v) is 4.40. The Balaban J connectivity index is 1.45. The van der Waals surface area contributed by atoms with Gasteiger partial charge < -0.3 is 19.4 Å². The summed E-state index contributed by atoms with van der Waals surface area (Å²) in [5.41, 5.74) is 5.48. The van der Waals surface area contributed by atoms with Gasteiger partial charge in [-0.2, -0.15) is 0 Å². The Bertz CT molecular complexity index is 1410. The van der Waals surface area contributed by atoms with Crippen molar-refractivity contribution in [2.24, 2.45) is 0 Å². The van der Waals surface area contributed by atoms with Gasteiger partial charge in [0.1, 0.15) is 18.1 Å². The first-order valence-corrected chi connectivity index (χ1v) is 11.3. The van der Waals surface area contributed by atoms with E-state index in [1.54, 1.807) is 24.7 Å². The Kier molecular flexibility index (Phi) is 6.26. The Morgan fingerprint density at radius 2 is 1.97 bits per heavy atom. The molecule has 176 valence electrons. The number of nitrogens with zero attached hydrogens (tertiary/aromatic N) is 3. The molecule has 35 heavy (non-hydrogen) atoms. The highest BCUT2D eigenvalue weighted by Crippen LogP contribution is 2.33. The van der Waals surface area contributed by atoms with E-state index in [1.807, 2.05) is 36.5 Å². The lowest BCUT2D eigenvalue weighted by molar-refractivity contribution is -0.137. The molecule has 3 heterocycles. The number of ether oxygens (including phenoxy) is 1. The van der Waals surface area contributed by atoms with Gasteiger partial charge in [-0.25, -0.2) is 0 Å². The van der Waals surface area contributed by atoms with Crippen molar-refractivity contribution in [3.05, 3.63) is 108 Å². The van der Waals surface area contributed by atoms with Gasteiger partial charge in [0.25, 0.3) is 0 Å². The van der Waals surface area contributed by atoms with Crippen molar-refractivity contribution in [3.8, 4) is 5.75 Å². The average Bonchev–Trinajstić information content (AvgIpc) is 3.56. The number of aliphatic carboxylic acids is 1. The molecule has 2 aromatic carbocycles. The molecule has 0 aliphatic carbocycles. The van der Waals surface area contributed by atoms with Crippen molar-refractivity contribution >= 4 is 16.9 Å². The highest BCUT2D eigenvalue weighted by atomic mass is 16.5. The third-order valence-corrected chi connectivity index (χ3v) is 6.14. The first-order valence-electron chi connectivity index (χ1n) is 11.3. The quantitative estimate of drug-likeness (QED) is 0.305. The number of fused-ring (bicyclic) bond motifs is 1. The maximum absolute atomic E-state index is 11.4. The molecule has 8 heteroatoms. The second-order valence-electron chi connectivity index (χ2n) is 8.37. The number of carboxylic acid groups (broad SMARTS) is 1. The van der Waals surface area contributed by atoms with Crippen LogP contribution in [0.1, 0.15) is 46.5 Å². The number of rotatable bonds is 9. The molecular formula is C27H24N4O4. The van der Waals surface area contributed by atoms with Crippen LogP contribution in [-0.2, 0) is 11.2 Å². The maximum Gasteiger partial charge on any atom is 0.304 e. The Hall–Kier alpha value is -4.46. The second-order valence-corrected chi connectivity index (χ2v) is 8.37. The van der Waals surface area contributed by atoms with E-state index in [1.165, 1.54) is 6.26 Å². The fourth-order valence-electron chi connectivity index (χ4n) is 4.40. The molecule has 3 aromatic heterocycles. The summed E-state index contributed by atoms with van der Waals surface area (Å²) in [6, 6.07) is 15.4. The molecule has 0 amide bonds. The van der Waals surface area contributed by atoms with Crippen LogP contribution in [0, 0.1) is 6.92 Å². The van der Waals surface area contributed by atoms with Crippen LogP contribution in [0.25, 0.3) is 10.9 Å². The Morgan fingerprint density at radius 1 is 1.11 bits per heavy atom. The average molecular weight is 469 g/mol. The molecule has 0 radical (unpaired) electrons. The predicted molar refractivity (Wildman–Crippen MR) is 129 cm³/mol. The molecule has 5 aromatic rings. The molecule has 0 bridgehead atoms. The SMILES string of the molecule is Cc1c([C@H](Cc2cnccn2)Oc2ccc(C(CC(=O)O)c3ccon3)cc2)ccc2cc[nH]c12. The monoisotopic (exact) mass is 468 g/mol. The van der Waals surface area contributed by atoms with Crippen LogP contribution in [0.5, 0.6) is 5.75 Å². The zero-order valence-electron chi connectivity index (χ0n) is 19.1. The van der Waals surface area contributed by atoms with Crippen molar-refractivity contribution in [2.45, 2.75) is 31.8 Å². The smallest absolute Gasteiger partial charge is 0.304 e. The number of hydrogen-bond acceptors (Lipinski definition) is 6. The largest absolute Gasteiger partial charge is 0.485 e. The van der Waals surface area contributed by atoms with E-state index in [2.05, 4.69) is 39.2 Å². The highest BCUT2D eigenvalue weighted by molar-refractivity contribution is 5.83. The molecule has 0 fully saturated rings. The zero-order valence-corrected chi connectivity index (χ0v) is 19.1. The van der Waals surface area contributed by atoms with Gasteiger partial charge in [0.05, 0.1) is 17.8 Å². The van der Waals surface area contributed by atoms with E-state index >= 15 is 0 Å². The number of nitrogens with one attached hydrogen (secondary N) is 1. The molecule has 0 aliphatic rings. The molecule has 0 aliphatic heterocycles. The van der Waals surface area contributed by atoms with Gasteiger partial charge in [0, 0.05) is 48.7 Å². The number of carboxylic acids is 1. The topological polar surface area (TPSA) is 114 Å². The summed E-state index contributed by atoms with van der Waals surface area (Å²) >= 11 is 0. The minimum absolute atomic E-state index is 0.0859. The van der Waals surface area contributed by atoms with E-state index in [0.717, 1.165) is 33.3 Å². The summed E-state index contributed by atoms with van der Waals surface area (Å²) in [7, 11) is 0. The summed E-state index contributed by atoms with van der Waals surface area (Å²) < 4.78 is 11.4. The second kappa shape index (κ2) is 9.80. The third kappa shape index (κ3) is 4.91. The fraction of sp³-hybridized carbons (Fsp3) is 0.185. The normalized spacial score (nSPS) is 12.9. The van der Waals surface area contributed by atoms with Crippen LogP contribution < -0.4 is 4.74 Å². The van der Waals surface area contributed by atoms with Gasteiger partial charge >= 0.3 is 5.97 Å². The zero-order chi connectivity index (χ0) is 24.2. The first-order chi connectivity index (χ1) is 17.1.